The molecule has 0 amide bonds. The second kappa shape index (κ2) is 8.89. The molecule has 1 heterocycles. The predicted molar refractivity (Wildman–Crippen MR) is 117 cm³/mol. The van der Waals surface area contributed by atoms with Crippen LogP contribution in [0.1, 0.15) is 44.0 Å². The zero-order valence-corrected chi connectivity index (χ0v) is 17.7. The third-order valence-corrected chi connectivity index (χ3v) is 5.78. The zero-order chi connectivity index (χ0) is 20.3. The van der Waals surface area contributed by atoms with Crippen molar-refractivity contribution in [2.45, 2.75) is 39.2 Å². The van der Waals surface area contributed by atoms with Crippen molar-refractivity contribution in [1.29, 1.82) is 0 Å². The van der Waals surface area contributed by atoms with Crippen LogP contribution in [0.4, 0.5) is 17.3 Å². The van der Waals surface area contributed by atoms with Gasteiger partial charge in [-0.2, -0.15) is 0 Å². The molecule has 2 atom stereocenters. The Labute approximate surface area is 176 Å². The van der Waals surface area contributed by atoms with Crippen LogP contribution < -0.4 is 16.4 Å². The quantitative estimate of drug-likeness (QED) is 0.703. The predicted octanol–water partition coefficient (Wildman–Crippen LogP) is 4.76. The van der Waals surface area contributed by atoms with Crippen LogP contribution in [0.25, 0.3) is 0 Å². The molecule has 1 saturated carbocycles. The van der Waals surface area contributed by atoms with Gasteiger partial charge in [-0.1, -0.05) is 55.0 Å². The van der Waals surface area contributed by atoms with Gasteiger partial charge in [0.15, 0.2) is 11.6 Å². The monoisotopic (exact) mass is 417 g/mol. The van der Waals surface area contributed by atoms with E-state index in [0.29, 0.717) is 39.8 Å². The molecule has 28 heavy (non-hydrogen) atoms. The highest BCUT2D eigenvalue weighted by molar-refractivity contribution is 6.42. The summed E-state index contributed by atoms with van der Waals surface area (Å²) < 4.78 is 0. The van der Waals surface area contributed by atoms with Crippen LogP contribution in [-0.2, 0) is 6.54 Å². The van der Waals surface area contributed by atoms with Gasteiger partial charge in [0.25, 0.3) is 0 Å². The molecule has 0 spiro atoms. The summed E-state index contributed by atoms with van der Waals surface area (Å²) in [7, 11) is 1.89. The molecular formula is C21H25Cl2N5. The number of hydrogen-bond donors (Lipinski definition) is 2. The van der Waals surface area contributed by atoms with E-state index in [9.17, 15) is 0 Å². The number of aromatic nitrogens is 2. The Kier molecular flexibility index (Phi) is 6.53. The fourth-order valence-corrected chi connectivity index (χ4v) is 3.86. The van der Waals surface area contributed by atoms with Gasteiger partial charge in [0.1, 0.15) is 5.69 Å². The largest absolute Gasteiger partial charge is 0.393 e. The first kappa shape index (κ1) is 20.6. The van der Waals surface area contributed by atoms with Crippen molar-refractivity contribution in [3.8, 4) is 11.8 Å². The van der Waals surface area contributed by atoms with Crippen LogP contribution in [-0.4, -0.2) is 17.0 Å². The Bertz CT molecular complexity index is 919. The maximum Gasteiger partial charge on any atom is 0.208 e. The van der Waals surface area contributed by atoms with Crippen LogP contribution in [0.2, 0.25) is 10.0 Å². The maximum absolute atomic E-state index is 6.13. The Morgan fingerprint density at radius 1 is 1.18 bits per heavy atom. The summed E-state index contributed by atoms with van der Waals surface area (Å²) in [5.74, 6) is 8.74. The highest BCUT2D eigenvalue weighted by Gasteiger charge is 2.17. The summed E-state index contributed by atoms with van der Waals surface area (Å²) in [4.78, 5) is 10.7. The van der Waals surface area contributed by atoms with Crippen LogP contribution in [0.3, 0.4) is 0 Å². The molecule has 5 nitrogen and oxygen atoms in total. The average molecular weight is 418 g/mol. The van der Waals surface area contributed by atoms with Crippen molar-refractivity contribution in [2.75, 3.05) is 23.4 Å². The fourth-order valence-electron chi connectivity index (χ4n) is 3.54. The molecule has 0 aliphatic heterocycles. The SMILES string of the molecule is C[C@@H]1CCCC(C#Cc2nc(N)c(N)c(N(C)Cc3ccc(Cl)c(Cl)c3)n2)C1. The van der Waals surface area contributed by atoms with Crippen molar-refractivity contribution in [3.63, 3.8) is 0 Å². The van der Waals surface area contributed by atoms with E-state index in [0.717, 1.165) is 24.3 Å². The van der Waals surface area contributed by atoms with E-state index >= 15 is 0 Å². The number of halogens is 2. The lowest BCUT2D eigenvalue weighted by molar-refractivity contribution is 0.333. The van der Waals surface area contributed by atoms with E-state index in [-0.39, 0.29) is 5.82 Å². The lowest BCUT2D eigenvalue weighted by Crippen LogP contribution is -2.21. The summed E-state index contributed by atoms with van der Waals surface area (Å²) in [5.41, 5.74) is 13.5. The highest BCUT2D eigenvalue weighted by atomic mass is 35.5. The summed E-state index contributed by atoms with van der Waals surface area (Å²) in [6, 6.07) is 5.51. The fraction of sp³-hybridized carbons (Fsp3) is 0.429. The number of anilines is 3. The molecule has 3 rings (SSSR count). The minimum absolute atomic E-state index is 0.243. The van der Waals surface area contributed by atoms with Gasteiger partial charge in [0.2, 0.25) is 5.82 Å². The minimum atomic E-state index is 0.243. The normalized spacial score (nSPS) is 19.0. The third-order valence-electron chi connectivity index (χ3n) is 5.04. The molecule has 1 aromatic carbocycles. The van der Waals surface area contributed by atoms with Gasteiger partial charge >= 0.3 is 0 Å². The Balaban J connectivity index is 1.81. The first-order valence-corrected chi connectivity index (χ1v) is 10.2. The lowest BCUT2D eigenvalue weighted by Gasteiger charge is -2.22. The molecule has 0 bridgehead atoms. The number of rotatable bonds is 3. The molecule has 7 heteroatoms. The molecule has 4 N–H and O–H groups in total. The molecule has 0 saturated heterocycles. The molecule has 1 aliphatic rings. The maximum atomic E-state index is 6.13. The van der Waals surface area contributed by atoms with E-state index in [1.165, 1.54) is 12.8 Å². The van der Waals surface area contributed by atoms with Crippen molar-refractivity contribution in [1.82, 2.24) is 9.97 Å². The van der Waals surface area contributed by atoms with Crippen LogP contribution in [0.15, 0.2) is 18.2 Å². The van der Waals surface area contributed by atoms with E-state index < -0.39 is 0 Å². The van der Waals surface area contributed by atoms with Gasteiger partial charge in [-0.05, 0) is 42.4 Å². The summed E-state index contributed by atoms with van der Waals surface area (Å²) in [6.07, 6.45) is 4.77. The zero-order valence-electron chi connectivity index (χ0n) is 16.2. The smallest absolute Gasteiger partial charge is 0.208 e. The standard InChI is InChI=1S/C21H25Cl2N5/c1-13-4-3-5-14(10-13)7-9-18-26-20(25)19(24)21(27-18)28(2)12-15-6-8-16(22)17(23)11-15/h6,8,11,13-14H,3-5,10,12,24H2,1-2H3,(H2,25,26,27)/t13-,14?/m1/s1. The van der Waals surface area contributed by atoms with Gasteiger partial charge in [0, 0.05) is 19.5 Å². The van der Waals surface area contributed by atoms with Crippen molar-refractivity contribution < 1.29 is 0 Å². The first-order valence-electron chi connectivity index (χ1n) is 9.43. The molecule has 2 aromatic rings. The molecule has 1 aliphatic carbocycles. The lowest BCUT2D eigenvalue weighted by atomic mass is 9.83. The van der Waals surface area contributed by atoms with Crippen molar-refractivity contribution in [3.05, 3.63) is 39.6 Å². The van der Waals surface area contributed by atoms with Gasteiger partial charge in [0.05, 0.1) is 10.0 Å². The van der Waals surface area contributed by atoms with Gasteiger partial charge < -0.3 is 16.4 Å². The van der Waals surface area contributed by atoms with Crippen LogP contribution >= 0.6 is 23.2 Å². The van der Waals surface area contributed by atoms with E-state index in [1.54, 1.807) is 6.07 Å². The summed E-state index contributed by atoms with van der Waals surface area (Å²) >= 11 is 12.1. The van der Waals surface area contributed by atoms with Gasteiger partial charge in [-0.25, -0.2) is 9.97 Å². The summed E-state index contributed by atoms with van der Waals surface area (Å²) in [5, 5.41) is 1.03. The number of nitrogens with zero attached hydrogens (tertiary/aromatic N) is 3. The Morgan fingerprint density at radius 2 is 1.96 bits per heavy atom. The molecule has 1 aromatic heterocycles. The number of benzene rings is 1. The molecular weight excluding hydrogens is 393 g/mol. The van der Waals surface area contributed by atoms with Crippen molar-refractivity contribution in [2.24, 2.45) is 11.8 Å². The number of hydrogen-bond acceptors (Lipinski definition) is 5. The molecule has 148 valence electrons. The van der Waals surface area contributed by atoms with E-state index in [2.05, 4.69) is 28.7 Å². The molecule has 1 fully saturated rings. The van der Waals surface area contributed by atoms with Crippen LogP contribution in [0.5, 0.6) is 0 Å². The highest BCUT2D eigenvalue weighted by Crippen LogP contribution is 2.29. The third kappa shape index (κ3) is 5.01. The Morgan fingerprint density at radius 3 is 2.68 bits per heavy atom. The second-order valence-corrected chi connectivity index (χ2v) is 8.33. The molecule has 1 unspecified atom stereocenters. The minimum Gasteiger partial charge on any atom is -0.393 e. The number of nitrogen functional groups attached to an aromatic ring is 2. The molecule has 0 radical (unpaired) electrons. The summed E-state index contributed by atoms with van der Waals surface area (Å²) in [6.45, 7) is 2.83. The van der Waals surface area contributed by atoms with Crippen molar-refractivity contribution >= 4 is 40.5 Å². The number of nitrogens with two attached hydrogens (primary N) is 2. The topological polar surface area (TPSA) is 81.1 Å². The van der Waals surface area contributed by atoms with Gasteiger partial charge in [-0.3, -0.25) is 0 Å². The van der Waals surface area contributed by atoms with E-state index in [4.69, 9.17) is 34.7 Å². The Hall–Kier alpha value is -2.16. The van der Waals surface area contributed by atoms with Crippen LogP contribution in [0, 0.1) is 23.7 Å². The second-order valence-electron chi connectivity index (χ2n) is 7.51. The first-order chi connectivity index (χ1) is 13.3. The van der Waals surface area contributed by atoms with Gasteiger partial charge in [-0.15, -0.1) is 0 Å². The average Bonchev–Trinajstić information content (AvgIpc) is 2.65. The van der Waals surface area contributed by atoms with E-state index in [1.807, 2.05) is 24.1 Å².